The van der Waals surface area contributed by atoms with Crippen LogP contribution in [0.15, 0.2) is 24.4 Å². The predicted octanol–water partition coefficient (Wildman–Crippen LogP) is 3.12. The first kappa shape index (κ1) is 26.1. The first-order valence-corrected chi connectivity index (χ1v) is 13.2. The third kappa shape index (κ3) is 5.11. The molecule has 11 heteroatoms. The SMILES string of the molecule is COc1cc(C(=O)NC2CN(C)C2)ccc1Nc1ncc2c(n1)N(C1CCCCC1)CC(C)(F)C(=O)N2C. The molecule has 0 bridgehead atoms. The van der Waals surface area contributed by atoms with Gasteiger partial charge in [0, 0.05) is 31.7 Å². The van der Waals surface area contributed by atoms with E-state index in [2.05, 4.69) is 20.5 Å². The van der Waals surface area contributed by atoms with E-state index in [1.54, 1.807) is 31.4 Å². The van der Waals surface area contributed by atoms with Crippen LogP contribution in [0.1, 0.15) is 49.4 Å². The summed E-state index contributed by atoms with van der Waals surface area (Å²) in [6.45, 7) is 2.94. The summed E-state index contributed by atoms with van der Waals surface area (Å²) in [4.78, 5) is 40.2. The Morgan fingerprint density at radius 3 is 2.61 bits per heavy atom. The van der Waals surface area contributed by atoms with Crippen LogP contribution in [0.3, 0.4) is 0 Å². The van der Waals surface area contributed by atoms with Gasteiger partial charge in [-0.3, -0.25) is 9.59 Å². The maximum absolute atomic E-state index is 15.6. The van der Waals surface area contributed by atoms with Crippen LogP contribution in [0.25, 0.3) is 0 Å². The van der Waals surface area contributed by atoms with Gasteiger partial charge in [-0.25, -0.2) is 9.37 Å². The number of methoxy groups -OCH3 is 1. The molecule has 204 valence electrons. The van der Waals surface area contributed by atoms with E-state index < -0.39 is 11.6 Å². The van der Waals surface area contributed by atoms with E-state index in [1.807, 2.05) is 11.9 Å². The van der Waals surface area contributed by atoms with E-state index in [4.69, 9.17) is 9.72 Å². The lowest BCUT2D eigenvalue weighted by molar-refractivity contribution is -0.128. The number of likely N-dealkylation sites (tertiary alicyclic amines) is 1. The number of amides is 2. The number of carbonyl (C=O) groups excluding carboxylic acids is 2. The summed E-state index contributed by atoms with van der Waals surface area (Å²) in [6.07, 6.45) is 6.69. The van der Waals surface area contributed by atoms with Gasteiger partial charge < -0.3 is 30.1 Å². The summed E-state index contributed by atoms with van der Waals surface area (Å²) in [5.41, 5.74) is -0.483. The average molecular weight is 526 g/mol. The van der Waals surface area contributed by atoms with Gasteiger partial charge in [0.2, 0.25) is 11.6 Å². The van der Waals surface area contributed by atoms with Gasteiger partial charge in [-0.1, -0.05) is 19.3 Å². The van der Waals surface area contributed by atoms with Crippen LogP contribution in [0, 0.1) is 0 Å². The molecule has 1 saturated carbocycles. The minimum Gasteiger partial charge on any atom is -0.495 e. The summed E-state index contributed by atoms with van der Waals surface area (Å²) < 4.78 is 21.1. The van der Waals surface area contributed by atoms with E-state index in [0.717, 1.165) is 45.2 Å². The fourth-order valence-electron chi connectivity index (χ4n) is 5.61. The number of hydrogen-bond donors (Lipinski definition) is 2. The van der Waals surface area contributed by atoms with Gasteiger partial charge in [0.1, 0.15) is 11.4 Å². The lowest BCUT2D eigenvalue weighted by atomic mass is 9.93. The van der Waals surface area contributed by atoms with Gasteiger partial charge in [-0.15, -0.1) is 0 Å². The van der Waals surface area contributed by atoms with Crippen LogP contribution in [-0.2, 0) is 4.79 Å². The number of anilines is 4. The number of benzene rings is 1. The van der Waals surface area contributed by atoms with Crippen LogP contribution < -0.4 is 25.2 Å². The van der Waals surface area contributed by atoms with Gasteiger partial charge in [-0.05, 0) is 45.0 Å². The number of alkyl halides is 1. The first-order chi connectivity index (χ1) is 18.2. The molecule has 3 aliphatic rings. The molecule has 1 saturated heterocycles. The fourth-order valence-corrected chi connectivity index (χ4v) is 5.61. The minimum absolute atomic E-state index is 0.0613. The van der Waals surface area contributed by atoms with Crippen molar-refractivity contribution in [3.05, 3.63) is 30.0 Å². The fraction of sp³-hybridized carbons (Fsp3) is 0.556. The van der Waals surface area contributed by atoms with Crippen molar-refractivity contribution < 1.29 is 18.7 Å². The Morgan fingerprint density at radius 1 is 1.18 bits per heavy atom. The number of nitrogens with one attached hydrogen (secondary N) is 2. The largest absolute Gasteiger partial charge is 0.495 e. The Bertz CT molecular complexity index is 1210. The monoisotopic (exact) mass is 525 g/mol. The number of fused-ring (bicyclic) bond motifs is 1. The number of halogens is 1. The summed E-state index contributed by atoms with van der Waals surface area (Å²) in [6, 6.07) is 5.40. The Hall–Kier alpha value is -3.47. The van der Waals surface area contributed by atoms with Gasteiger partial charge in [0.25, 0.3) is 11.8 Å². The number of likely N-dealkylation sites (N-methyl/N-ethyl adjacent to an activating group) is 1. The molecule has 1 atom stereocenters. The molecule has 2 aliphatic heterocycles. The van der Waals surface area contributed by atoms with Crippen LogP contribution in [0.5, 0.6) is 5.75 Å². The van der Waals surface area contributed by atoms with E-state index >= 15 is 4.39 Å². The molecule has 2 aromatic rings. The number of ether oxygens (including phenoxy) is 1. The summed E-state index contributed by atoms with van der Waals surface area (Å²) in [7, 11) is 5.11. The van der Waals surface area contributed by atoms with E-state index in [9.17, 15) is 9.59 Å². The van der Waals surface area contributed by atoms with Crippen LogP contribution >= 0.6 is 0 Å². The highest BCUT2D eigenvalue weighted by Gasteiger charge is 2.44. The van der Waals surface area contributed by atoms with E-state index in [-0.39, 0.29) is 24.5 Å². The molecule has 0 radical (unpaired) electrons. The zero-order valence-corrected chi connectivity index (χ0v) is 22.5. The molecule has 10 nitrogen and oxygen atoms in total. The molecule has 5 rings (SSSR count). The van der Waals surface area contributed by atoms with Crippen molar-refractivity contribution in [2.24, 2.45) is 0 Å². The number of hydrogen-bond acceptors (Lipinski definition) is 8. The van der Waals surface area contributed by atoms with Crippen molar-refractivity contribution in [2.45, 2.75) is 56.8 Å². The van der Waals surface area contributed by atoms with Crippen molar-refractivity contribution in [2.75, 3.05) is 56.0 Å². The lowest BCUT2D eigenvalue weighted by Gasteiger charge is -2.36. The average Bonchev–Trinajstić information content (AvgIpc) is 2.97. The summed E-state index contributed by atoms with van der Waals surface area (Å²) in [5.74, 6) is 0.535. The second kappa shape index (κ2) is 10.4. The van der Waals surface area contributed by atoms with Crippen LogP contribution in [-0.4, -0.2) is 85.3 Å². The van der Waals surface area contributed by atoms with Crippen molar-refractivity contribution in [1.29, 1.82) is 0 Å². The van der Waals surface area contributed by atoms with Gasteiger partial charge in [0.15, 0.2) is 5.82 Å². The summed E-state index contributed by atoms with van der Waals surface area (Å²) in [5, 5.41) is 6.21. The number of aromatic nitrogens is 2. The number of rotatable bonds is 6. The molecule has 2 N–H and O–H groups in total. The highest BCUT2D eigenvalue weighted by atomic mass is 19.1. The van der Waals surface area contributed by atoms with Gasteiger partial charge in [0.05, 0.1) is 31.6 Å². The molecular formula is C27H36FN7O3. The second-order valence-corrected chi connectivity index (χ2v) is 10.8. The topological polar surface area (TPSA) is 103 Å². The molecular weight excluding hydrogens is 489 g/mol. The molecule has 1 unspecified atom stereocenters. The quantitative estimate of drug-likeness (QED) is 0.593. The van der Waals surface area contributed by atoms with Crippen LogP contribution in [0.2, 0.25) is 0 Å². The highest BCUT2D eigenvalue weighted by molar-refractivity contribution is 6.02. The number of carbonyl (C=O) groups is 2. The molecule has 1 aliphatic carbocycles. The Kier molecular flexibility index (Phi) is 7.13. The smallest absolute Gasteiger partial charge is 0.266 e. The maximum atomic E-state index is 15.6. The maximum Gasteiger partial charge on any atom is 0.266 e. The second-order valence-electron chi connectivity index (χ2n) is 10.8. The lowest BCUT2D eigenvalue weighted by Crippen LogP contribution is -2.57. The van der Waals surface area contributed by atoms with E-state index in [0.29, 0.717) is 34.5 Å². The standard InChI is InChI=1S/C27H36FN7O3/c1-27(28)16-35(19-8-6-5-7-9-19)23-21(34(3)25(27)37)13-29-26(32-23)31-20-11-10-17(12-22(20)38-4)24(36)30-18-14-33(2)15-18/h10-13,18-19H,5-9,14-16H2,1-4H3,(H,30,36)(H,29,31,32). The molecule has 0 spiro atoms. The van der Waals surface area contributed by atoms with Crippen molar-refractivity contribution in [1.82, 2.24) is 20.2 Å². The Labute approximate surface area is 222 Å². The van der Waals surface area contributed by atoms with Crippen molar-refractivity contribution in [3.63, 3.8) is 0 Å². The first-order valence-electron chi connectivity index (χ1n) is 13.2. The van der Waals surface area contributed by atoms with Gasteiger partial charge >= 0.3 is 0 Å². The summed E-state index contributed by atoms with van der Waals surface area (Å²) >= 11 is 0. The third-order valence-corrected chi connectivity index (χ3v) is 7.73. The van der Waals surface area contributed by atoms with E-state index in [1.165, 1.54) is 18.9 Å². The third-order valence-electron chi connectivity index (χ3n) is 7.73. The molecule has 2 fully saturated rings. The number of nitrogens with zero attached hydrogens (tertiary/aromatic N) is 5. The van der Waals surface area contributed by atoms with Gasteiger partial charge in [-0.2, -0.15) is 4.98 Å². The zero-order valence-electron chi connectivity index (χ0n) is 22.5. The molecule has 3 heterocycles. The molecule has 2 amide bonds. The van der Waals surface area contributed by atoms with Crippen molar-refractivity contribution >= 4 is 35.0 Å². The zero-order chi connectivity index (χ0) is 27.0. The molecule has 38 heavy (non-hydrogen) atoms. The minimum atomic E-state index is -2.05. The normalized spacial score (nSPS) is 22.9. The Morgan fingerprint density at radius 2 is 1.92 bits per heavy atom. The molecule has 1 aromatic heterocycles. The predicted molar refractivity (Wildman–Crippen MR) is 144 cm³/mol. The Balaban J connectivity index is 1.42. The van der Waals surface area contributed by atoms with Crippen molar-refractivity contribution in [3.8, 4) is 5.75 Å². The highest BCUT2D eigenvalue weighted by Crippen LogP contribution is 2.39. The molecule has 1 aromatic carbocycles. The van der Waals surface area contributed by atoms with Crippen LogP contribution in [0.4, 0.5) is 27.5 Å².